The van der Waals surface area contributed by atoms with Gasteiger partial charge in [0.2, 0.25) is 0 Å². The average molecular weight is 326 g/mol. The molecule has 0 aliphatic carbocycles. The van der Waals surface area contributed by atoms with Crippen LogP contribution in [0.15, 0.2) is 27.5 Å². The van der Waals surface area contributed by atoms with Gasteiger partial charge >= 0.3 is 6.09 Å². The molecule has 2 rings (SSSR count). The lowest BCUT2D eigenvalue weighted by Crippen LogP contribution is -2.31. The van der Waals surface area contributed by atoms with E-state index in [1.54, 1.807) is 13.0 Å². The van der Waals surface area contributed by atoms with E-state index in [0.29, 0.717) is 16.7 Å². The van der Waals surface area contributed by atoms with Gasteiger partial charge in [0.05, 0.1) is 11.0 Å². The number of amides is 1. The summed E-state index contributed by atoms with van der Waals surface area (Å²) >= 11 is 3.35. The molecule has 0 aliphatic heterocycles. The Bertz CT molecular complexity index is 696. The Morgan fingerprint density at radius 1 is 1.53 bits per heavy atom. The summed E-state index contributed by atoms with van der Waals surface area (Å²) in [5, 5.41) is 10.8. The standard InChI is InChI=1S/C12H12BrN3O3/c1-7-11(17)16(5-4-14-12(18)19)10-6-8(13)2-3-9(10)15-7/h2-3,6,14H,4-5H2,1H3,(H,18,19). The molecule has 0 saturated carbocycles. The molecule has 7 heteroatoms. The number of fused-ring (bicyclic) bond motifs is 1. The minimum atomic E-state index is -1.11. The molecular weight excluding hydrogens is 314 g/mol. The second kappa shape index (κ2) is 5.40. The molecule has 1 amide bonds. The predicted octanol–water partition coefficient (Wildman–Crippen LogP) is 1.74. The summed E-state index contributed by atoms with van der Waals surface area (Å²) < 4.78 is 2.36. The fraction of sp³-hybridized carbons (Fsp3) is 0.250. The fourth-order valence-corrected chi connectivity index (χ4v) is 2.19. The number of nitrogens with one attached hydrogen (secondary N) is 1. The van der Waals surface area contributed by atoms with Crippen molar-refractivity contribution in [3.63, 3.8) is 0 Å². The maximum atomic E-state index is 12.1. The van der Waals surface area contributed by atoms with Gasteiger partial charge in [-0.25, -0.2) is 9.78 Å². The molecular formula is C12H12BrN3O3. The summed E-state index contributed by atoms with van der Waals surface area (Å²) in [5.41, 5.74) is 1.57. The Morgan fingerprint density at radius 2 is 2.26 bits per heavy atom. The van der Waals surface area contributed by atoms with Crippen molar-refractivity contribution in [3.05, 3.63) is 38.7 Å². The minimum Gasteiger partial charge on any atom is -0.465 e. The molecule has 100 valence electrons. The van der Waals surface area contributed by atoms with Crippen molar-refractivity contribution in [3.8, 4) is 0 Å². The largest absolute Gasteiger partial charge is 0.465 e. The van der Waals surface area contributed by atoms with E-state index in [9.17, 15) is 9.59 Å². The van der Waals surface area contributed by atoms with Gasteiger partial charge in [-0.1, -0.05) is 15.9 Å². The Balaban J connectivity index is 2.49. The van der Waals surface area contributed by atoms with Crippen LogP contribution in [0.3, 0.4) is 0 Å². The van der Waals surface area contributed by atoms with E-state index in [1.807, 2.05) is 12.1 Å². The Kier molecular flexibility index (Phi) is 3.84. The SMILES string of the molecule is Cc1nc2ccc(Br)cc2n(CCNC(=O)O)c1=O. The van der Waals surface area contributed by atoms with Crippen molar-refractivity contribution in [2.75, 3.05) is 6.54 Å². The number of aryl methyl sites for hydroxylation is 1. The van der Waals surface area contributed by atoms with Gasteiger partial charge in [-0.15, -0.1) is 0 Å². The summed E-state index contributed by atoms with van der Waals surface area (Å²) in [6, 6.07) is 5.45. The Labute approximate surface area is 117 Å². The van der Waals surface area contributed by atoms with Crippen molar-refractivity contribution in [1.82, 2.24) is 14.9 Å². The maximum absolute atomic E-state index is 12.1. The zero-order valence-electron chi connectivity index (χ0n) is 10.2. The highest BCUT2D eigenvalue weighted by molar-refractivity contribution is 9.10. The number of rotatable bonds is 3. The van der Waals surface area contributed by atoms with Crippen LogP contribution in [-0.4, -0.2) is 27.3 Å². The number of carboxylic acid groups (broad SMARTS) is 1. The van der Waals surface area contributed by atoms with E-state index >= 15 is 0 Å². The van der Waals surface area contributed by atoms with E-state index in [-0.39, 0.29) is 18.6 Å². The average Bonchev–Trinajstić information content (AvgIpc) is 2.34. The van der Waals surface area contributed by atoms with Crippen LogP contribution < -0.4 is 10.9 Å². The van der Waals surface area contributed by atoms with Crippen LogP contribution >= 0.6 is 15.9 Å². The molecule has 0 radical (unpaired) electrons. The van der Waals surface area contributed by atoms with Crippen LogP contribution in [-0.2, 0) is 6.54 Å². The number of nitrogens with zero attached hydrogens (tertiary/aromatic N) is 2. The van der Waals surface area contributed by atoms with Crippen LogP contribution in [0.1, 0.15) is 5.69 Å². The quantitative estimate of drug-likeness (QED) is 0.900. The molecule has 0 spiro atoms. The van der Waals surface area contributed by atoms with Gasteiger partial charge in [0.25, 0.3) is 5.56 Å². The number of halogens is 1. The molecule has 0 aliphatic rings. The van der Waals surface area contributed by atoms with Crippen molar-refractivity contribution in [1.29, 1.82) is 0 Å². The first-order valence-corrected chi connectivity index (χ1v) is 6.42. The first-order chi connectivity index (χ1) is 8.99. The van der Waals surface area contributed by atoms with Gasteiger partial charge in [0.1, 0.15) is 5.69 Å². The topological polar surface area (TPSA) is 84.2 Å². The van der Waals surface area contributed by atoms with Gasteiger partial charge in [0.15, 0.2) is 0 Å². The van der Waals surface area contributed by atoms with Gasteiger partial charge in [-0.3, -0.25) is 4.79 Å². The van der Waals surface area contributed by atoms with E-state index in [0.717, 1.165) is 4.47 Å². The molecule has 0 saturated heterocycles. The Hall–Kier alpha value is -1.89. The molecule has 1 heterocycles. The number of hydrogen-bond donors (Lipinski definition) is 2. The molecule has 0 bridgehead atoms. The molecule has 0 fully saturated rings. The monoisotopic (exact) mass is 325 g/mol. The highest BCUT2D eigenvalue weighted by Crippen LogP contribution is 2.17. The molecule has 1 aromatic carbocycles. The van der Waals surface area contributed by atoms with E-state index in [1.165, 1.54) is 4.57 Å². The van der Waals surface area contributed by atoms with E-state index < -0.39 is 6.09 Å². The Morgan fingerprint density at radius 3 is 2.95 bits per heavy atom. The lowest BCUT2D eigenvalue weighted by Gasteiger charge is -2.11. The zero-order chi connectivity index (χ0) is 14.0. The molecule has 19 heavy (non-hydrogen) atoms. The molecule has 2 N–H and O–H groups in total. The molecule has 1 aromatic heterocycles. The lowest BCUT2D eigenvalue weighted by molar-refractivity contribution is 0.194. The smallest absolute Gasteiger partial charge is 0.404 e. The second-order valence-corrected chi connectivity index (χ2v) is 4.93. The highest BCUT2D eigenvalue weighted by atomic mass is 79.9. The highest BCUT2D eigenvalue weighted by Gasteiger charge is 2.08. The predicted molar refractivity (Wildman–Crippen MR) is 74.5 cm³/mol. The lowest BCUT2D eigenvalue weighted by atomic mass is 10.2. The van der Waals surface area contributed by atoms with Gasteiger partial charge in [0, 0.05) is 17.6 Å². The summed E-state index contributed by atoms with van der Waals surface area (Å²) in [6.45, 7) is 2.08. The molecule has 6 nitrogen and oxygen atoms in total. The van der Waals surface area contributed by atoms with Crippen LogP contribution in [0.5, 0.6) is 0 Å². The maximum Gasteiger partial charge on any atom is 0.404 e. The molecule has 2 aromatic rings. The second-order valence-electron chi connectivity index (χ2n) is 4.02. The van der Waals surface area contributed by atoms with Crippen molar-refractivity contribution < 1.29 is 9.90 Å². The van der Waals surface area contributed by atoms with E-state index in [2.05, 4.69) is 26.2 Å². The first-order valence-electron chi connectivity index (χ1n) is 5.62. The third-order valence-corrected chi connectivity index (χ3v) is 3.18. The number of carbonyl (C=O) groups is 1. The summed E-state index contributed by atoms with van der Waals surface area (Å²) in [5.74, 6) is 0. The summed E-state index contributed by atoms with van der Waals surface area (Å²) in [6.07, 6.45) is -1.11. The van der Waals surface area contributed by atoms with E-state index in [4.69, 9.17) is 5.11 Å². The van der Waals surface area contributed by atoms with Crippen LogP contribution in [0, 0.1) is 6.92 Å². The first kappa shape index (κ1) is 13.5. The third kappa shape index (κ3) is 2.93. The van der Waals surface area contributed by atoms with Crippen LogP contribution in [0.25, 0.3) is 11.0 Å². The van der Waals surface area contributed by atoms with Crippen molar-refractivity contribution in [2.45, 2.75) is 13.5 Å². The minimum absolute atomic E-state index is 0.167. The summed E-state index contributed by atoms with van der Waals surface area (Å²) in [7, 11) is 0. The molecule has 0 atom stereocenters. The fourth-order valence-electron chi connectivity index (χ4n) is 1.84. The third-order valence-electron chi connectivity index (χ3n) is 2.68. The van der Waals surface area contributed by atoms with Gasteiger partial charge in [-0.05, 0) is 25.1 Å². The number of hydrogen-bond acceptors (Lipinski definition) is 3. The van der Waals surface area contributed by atoms with Crippen LogP contribution in [0.4, 0.5) is 4.79 Å². The van der Waals surface area contributed by atoms with Gasteiger partial charge < -0.3 is 15.0 Å². The molecule has 0 unspecified atom stereocenters. The number of benzene rings is 1. The van der Waals surface area contributed by atoms with Crippen LogP contribution in [0.2, 0.25) is 0 Å². The van der Waals surface area contributed by atoms with Crippen molar-refractivity contribution >= 4 is 33.1 Å². The normalized spacial score (nSPS) is 10.6. The van der Waals surface area contributed by atoms with Crippen molar-refractivity contribution in [2.24, 2.45) is 0 Å². The van der Waals surface area contributed by atoms with Gasteiger partial charge in [-0.2, -0.15) is 0 Å². The summed E-state index contributed by atoms with van der Waals surface area (Å²) in [4.78, 5) is 26.7. The zero-order valence-corrected chi connectivity index (χ0v) is 11.8. The number of aromatic nitrogens is 2.